The fourth-order valence-corrected chi connectivity index (χ4v) is 3.42. The lowest BCUT2D eigenvalue weighted by Crippen LogP contribution is -2.35. The van der Waals surface area contributed by atoms with Gasteiger partial charge in [-0.1, -0.05) is 0 Å². The molecule has 0 unspecified atom stereocenters. The zero-order valence-corrected chi connectivity index (χ0v) is 17.0. The van der Waals surface area contributed by atoms with E-state index in [9.17, 15) is 0 Å². The van der Waals surface area contributed by atoms with Gasteiger partial charge in [-0.2, -0.15) is 0 Å². The van der Waals surface area contributed by atoms with Gasteiger partial charge in [-0.15, -0.1) is 0 Å². The molecule has 2 aliphatic rings. The standard InChI is InChI=1S/2C11H16N2O/c2*1-13-7-4-10(5-8-13)14-11-3-2-6-12-9-11/h2*2-3,6,9-10H,4-5,7-8H2,1H3. The predicted molar refractivity (Wildman–Crippen MR) is 111 cm³/mol. The van der Waals surface area contributed by atoms with Crippen LogP contribution in [0.15, 0.2) is 49.1 Å². The number of rotatable bonds is 4. The summed E-state index contributed by atoms with van der Waals surface area (Å²) in [7, 11) is 4.31. The minimum Gasteiger partial charge on any atom is -0.489 e. The maximum absolute atomic E-state index is 5.81. The molecule has 4 rings (SSSR count). The van der Waals surface area contributed by atoms with Crippen LogP contribution in [0.1, 0.15) is 25.7 Å². The molecule has 0 atom stereocenters. The lowest BCUT2D eigenvalue weighted by Gasteiger charge is -2.29. The Morgan fingerprint density at radius 3 is 1.43 bits per heavy atom. The Morgan fingerprint density at radius 2 is 1.11 bits per heavy atom. The number of likely N-dealkylation sites (tertiary alicyclic amines) is 2. The highest BCUT2D eigenvalue weighted by Crippen LogP contribution is 2.17. The van der Waals surface area contributed by atoms with E-state index in [0.717, 1.165) is 63.4 Å². The summed E-state index contributed by atoms with van der Waals surface area (Å²) >= 11 is 0. The van der Waals surface area contributed by atoms with Gasteiger partial charge in [0.1, 0.15) is 23.7 Å². The van der Waals surface area contributed by atoms with Crippen molar-refractivity contribution in [1.82, 2.24) is 19.8 Å². The molecule has 0 radical (unpaired) electrons. The highest BCUT2D eigenvalue weighted by molar-refractivity contribution is 5.16. The number of pyridine rings is 2. The third-order valence-corrected chi connectivity index (χ3v) is 5.21. The van der Waals surface area contributed by atoms with Gasteiger partial charge >= 0.3 is 0 Å². The van der Waals surface area contributed by atoms with E-state index in [4.69, 9.17) is 9.47 Å². The smallest absolute Gasteiger partial charge is 0.137 e. The Bertz CT molecular complexity index is 595. The summed E-state index contributed by atoms with van der Waals surface area (Å²) in [6, 6.07) is 7.74. The quantitative estimate of drug-likeness (QED) is 0.807. The van der Waals surface area contributed by atoms with Gasteiger partial charge in [-0.3, -0.25) is 9.97 Å². The fourth-order valence-electron chi connectivity index (χ4n) is 3.42. The first-order valence-electron chi connectivity index (χ1n) is 10.2. The molecule has 2 aliphatic heterocycles. The van der Waals surface area contributed by atoms with E-state index in [1.54, 1.807) is 24.8 Å². The molecule has 0 saturated carbocycles. The summed E-state index contributed by atoms with van der Waals surface area (Å²) in [4.78, 5) is 12.7. The molecular formula is C22H32N4O2. The summed E-state index contributed by atoms with van der Waals surface area (Å²) in [5, 5.41) is 0. The normalized spacial score (nSPS) is 19.5. The average Bonchev–Trinajstić information content (AvgIpc) is 2.74. The minimum absolute atomic E-state index is 0.371. The highest BCUT2D eigenvalue weighted by atomic mass is 16.5. The van der Waals surface area contributed by atoms with E-state index < -0.39 is 0 Å². The Labute approximate surface area is 168 Å². The Hall–Kier alpha value is -2.18. The number of aromatic nitrogens is 2. The SMILES string of the molecule is CN1CCC(Oc2cccnc2)CC1.CN1CCC(Oc2cccnc2)CC1. The second-order valence-electron chi connectivity index (χ2n) is 7.62. The third kappa shape index (κ3) is 7.09. The average molecular weight is 385 g/mol. The van der Waals surface area contributed by atoms with Crippen molar-refractivity contribution in [2.24, 2.45) is 0 Å². The van der Waals surface area contributed by atoms with Crippen molar-refractivity contribution < 1.29 is 9.47 Å². The van der Waals surface area contributed by atoms with E-state index in [0.29, 0.717) is 12.2 Å². The van der Waals surface area contributed by atoms with Crippen molar-refractivity contribution in [2.75, 3.05) is 40.3 Å². The molecule has 2 aromatic rings. The van der Waals surface area contributed by atoms with Gasteiger partial charge in [0.2, 0.25) is 0 Å². The molecule has 6 nitrogen and oxygen atoms in total. The topological polar surface area (TPSA) is 50.7 Å². The van der Waals surface area contributed by atoms with Crippen LogP contribution in [-0.4, -0.2) is 72.3 Å². The van der Waals surface area contributed by atoms with Crippen LogP contribution in [0.25, 0.3) is 0 Å². The summed E-state index contributed by atoms with van der Waals surface area (Å²) < 4.78 is 11.6. The zero-order valence-electron chi connectivity index (χ0n) is 17.0. The molecule has 0 spiro atoms. The lowest BCUT2D eigenvalue weighted by atomic mass is 10.1. The summed E-state index contributed by atoms with van der Waals surface area (Å²) in [5.41, 5.74) is 0. The molecule has 2 aromatic heterocycles. The number of hydrogen-bond acceptors (Lipinski definition) is 6. The van der Waals surface area contributed by atoms with Gasteiger partial charge in [0.25, 0.3) is 0 Å². The van der Waals surface area contributed by atoms with Crippen LogP contribution in [0.3, 0.4) is 0 Å². The minimum atomic E-state index is 0.371. The van der Waals surface area contributed by atoms with E-state index in [2.05, 4.69) is 33.9 Å². The maximum atomic E-state index is 5.81. The molecule has 28 heavy (non-hydrogen) atoms. The largest absolute Gasteiger partial charge is 0.489 e. The molecule has 0 bridgehead atoms. The first-order valence-corrected chi connectivity index (χ1v) is 10.2. The third-order valence-electron chi connectivity index (χ3n) is 5.21. The first-order chi connectivity index (χ1) is 13.7. The molecule has 0 aliphatic carbocycles. The van der Waals surface area contributed by atoms with Gasteiger partial charge in [0, 0.05) is 38.6 Å². The van der Waals surface area contributed by atoms with E-state index >= 15 is 0 Å². The molecule has 2 saturated heterocycles. The van der Waals surface area contributed by atoms with Gasteiger partial charge < -0.3 is 19.3 Å². The van der Waals surface area contributed by atoms with E-state index in [1.807, 2.05) is 24.3 Å². The van der Waals surface area contributed by atoms with Crippen LogP contribution < -0.4 is 9.47 Å². The van der Waals surface area contributed by atoms with E-state index in [1.165, 1.54) is 0 Å². The molecular weight excluding hydrogens is 352 g/mol. The number of piperidine rings is 2. The van der Waals surface area contributed by atoms with Crippen LogP contribution in [-0.2, 0) is 0 Å². The predicted octanol–water partition coefficient (Wildman–Crippen LogP) is 3.11. The van der Waals surface area contributed by atoms with Crippen molar-refractivity contribution in [3.8, 4) is 11.5 Å². The molecule has 0 aromatic carbocycles. The van der Waals surface area contributed by atoms with Crippen LogP contribution in [0.4, 0.5) is 0 Å². The Morgan fingerprint density at radius 1 is 0.714 bits per heavy atom. The highest BCUT2D eigenvalue weighted by Gasteiger charge is 2.18. The van der Waals surface area contributed by atoms with Crippen LogP contribution in [0, 0.1) is 0 Å². The van der Waals surface area contributed by atoms with Gasteiger partial charge in [-0.05, 0) is 64.0 Å². The van der Waals surface area contributed by atoms with Crippen molar-refractivity contribution >= 4 is 0 Å². The van der Waals surface area contributed by atoms with Crippen LogP contribution in [0.2, 0.25) is 0 Å². The molecule has 0 amide bonds. The van der Waals surface area contributed by atoms with E-state index in [-0.39, 0.29) is 0 Å². The molecule has 6 heteroatoms. The summed E-state index contributed by atoms with van der Waals surface area (Å²) in [5.74, 6) is 1.78. The van der Waals surface area contributed by atoms with Crippen molar-refractivity contribution in [3.05, 3.63) is 49.1 Å². The van der Waals surface area contributed by atoms with Crippen molar-refractivity contribution in [1.29, 1.82) is 0 Å². The number of ether oxygens (including phenoxy) is 2. The zero-order chi connectivity index (χ0) is 19.6. The molecule has 0 N–H and O–H groups in total. The molecule has 2 fully saturated rings. The Balaban J connectivity index is 0.000000161. The first kappa shape index (κ1) is 20.6. The van der Waals surface area contributed by atoms with Crippen molar-refractivity contribution in [3.63, 3.8) is 0 Å². The van der Waals surface area contributed by atoms with Crippen LogP contribution >= 0.6 is 0 Å². The Kier molecular flexibility index (Phi) is 8.06. The lowest BCUT2D eigenvalue weighted by molar-refractivity contribution is 0.114. The maximum Gasteiger partial charge on any atom is 0.137 e. The fraction of sp³-hybridized carbons (Fsp3) is 0.545. The monoisotopic (exact) mass is 384 g/mol. The van der Waals surface area contributed by atoms with Gasteiger partial charge in [-0.25, -0.2) is 0 Å². The van der Waals surface area contributed by atoms with Gasteiger partial charge in [0.15, 0.2) is 0 Å². The molecule has 4 heterocycles. The number of nitrogens with zero attached hydrogens (tertiary/aromatic N) is 4. The number of hydrogen-bond donors (Lipinski definition) is 0. The van der Waals surface area contributed by atoms with Crippen LogP contribution in [0.5, 0.6) is 11.5 Å². The second kappa shape index (κ2) is 11.0. The summed E-state index contributed by atoms with van der Waals surface area (Å²) in [6.45, 7) is 4.52. The van der Waals surface area contributed by atoms with Crippen molar-refractivity contribution in [2.45, 2.75) is 37.9 Å². The van der Waals surface area contributed by atoms with Gasteiger partial charge in [0.05, 0.1) is 12.4 Å². The molecule has 152 valence electrons. The second-order valence-corrected chi connectivity index (χ2v) is 7.62. The summed E-state index contributed by atoms with van der Waals surface area (Å²) in [6.07, 6.45) is 12.3.